The second-order valence-corrected chi connectivity index (χ2v) is 7.55. The molecule has 0 aliphatic rings. The van der Waals surface area contributed by atoms with Crippen LogP contribution in [0, 0.1) is 11.2 Å². The number of carbonyl (C=O) groups excluding carboxylic acids is 2. The molecule has 35 heavy (non-hydrogen) atoms. The molecule has 0 bridgehead atoms. The molecule has 1 aromatic heterocycles. The van der Waals surface area contributed by atoms with Gasteiger partial charge in [0, 0.05) is 18.7 Å². The van der Waals surface area contributed by atoms with Crippen molar-refractivity contribution >= 4 is 40.6 Å². The summed E-state index contributed by atoms with van der Waals surface area (Å²) in [6, 6.07) is 7.63. The number of halogens is 5. The van der Waals surface area contributed by atoms with Crippen molar-refractivity contribution in [3.63, 3.8) is 0 Å². The van der Waals surface area contributed by atoms with Gasteiger partial charge in [0.25, 0.3) is 0 Å². The Bertz CT molecular complexity index is 1330. The maximum atomic E-state index is 14.7. The number of pyridine rings is 1. The normalized spacial score (nSPS) is 11.2. The number of ether oxygens (including phenoxy) is 1. The third-order valence-electron chi connectivity index (χ3n) is 4.95. The number of nitrogens with two attached hydrogens (primary N) is 1. The summed E-state index contributed by atoms with van der Waals surface area (Å²) in [5.41, 5.74) is -2.61. The van der Waals surface area contributed by atoms with Crippen molar-refractivity contribution in [3.05, 3.63) is 87.4 Å². The van der Waals surface area contributed by atoms with Crippen molar-refractivity contribution in [2.45, 2.75) is 6.18 Å². The summed E-state index contributed by atoms with van der Waals surface area (Å²) in [6.07, 6.45) is -3.53. The van der Waals surface area contributed by atoms with Crippen LogP contribution in [0.4, 0.5) is 28.9 Å². The first-order chi connectivity index (χ1) is 16.5. The molecule has 3 rings (SSSR count). The van der Waals surface area contributed by atoms with Crippen molar-refractivity contribution < 1.29 is 37.2 Å². The highest BCUT2D eigenvalue weighted by atomic mass is 35.5. The first-order valence-electron chi connectivity index (χ1n) is 9.87. The SMILES string of the molecule is CNc1cnc(C(=N)c2ccc(C(=O)OC)cc2F)c([NH2+]C(=O)c2c(Cl)cccc2C(F)(F)F)c1. The Morgan fingerprint density at radius 3 is 2.49 bits per heavy atom. The molecular formula is C23H18ClF4N4O3+. The van der Waals surface area contributed by atoms with Crippen LogP contribution in [0.1, 0.15) is 37.5 Å². The van der Waals surface area contributed by atoms with E-state index in [-0.39, 0.29) is 22.5 Å². The van der Waals surface area contributed by atoms with Crippen molar-refractivity contribution in [1.29, 1.82) is 5.41 Å². The van der Waals surface area contributed by atoms with Crippen molar-refractivity contribution in [2.75, 3.05) is 19.5 Å². The summed E-state index contributed by atoms with van der Waals surface area (Å²) in [5, 5.41) is 11.7. The highest BCUT2D eigenvalue weighted by Gasteiger charge is 2.38. The molecule has 0 saturated heterocycles. The molecule has 3 aromatic rings. The number of quaternary nitrogens is 1. The van der Waals surface area contributed by atoms with Crippen LogP contribution < -0.4 is 10.6 Å². The quantitative estimate of drug-likeness (QED) is 0.262. The zero-order valence-electron chi connectivity index (χ0n) is 18.3. The largest absolute Gasteiger partial charge is 0.465 e. The Morgan fingerprint density at radius 2 is 1.89 bits per heavy atom. The molecule has 1 heterocycles. The fraction of sp³-hybridized carbons (Fsp3) is 0.130. The fourth-order valence-corrected chi connectivity index (χ4v) is 3.52. The number of amides is 1. The molecule has 0 saturated carbocycles. The van der Waals surface area contributed by atoms with Crippen molar-refractivity contribution in [3.8, 4) is 0 Å². The van der Waals surface area contributed by atoms with Gasteiger partial charge in [0.2, 0.25) is 0 Å². The van der Waals surface area contributed by atoms with E-state index < -0.39 is 45.7 Å². The molecule has 7 nitrogen and oxygen atoms in total. The van der Waals surface area contributed by atoms with Gasteiger partial charge in [-0.15, -0.1) is 0 Å². The average Bonchev–Trinajstić information content (AvgIpc) is 2.82. The van der Waals surface area contributed by atoms with Gasteiger partial charge in [0.15, 0.2) is 5.69 Å². The lowest BCUT2D eigenvalue weighted by Crippen LogP contribution is -2.83. The molecule has 0 spiro atoms. The lowest BCUT2D eigenvalue weighted by atomic mass is 10.0. The van der Waals surface area contributed by atoms with E-state index in [0.29, 0.717) is 5.69 Å². The number of carbonyl (C=O) groups is 2. The summed E-state index contributed by atoms with van der Waals surface area (Å²) in [5.74, 6) is -2.79. The Morgan fingerprint density at radius 1 is 1.17 bits per heavy atom. The number of benzene rings is 2. The van der Waals surface area contributed by atoms with Gasteiger partial charge in [0.1, 0.15) is 17.1 Å². The van der Waals surface area contributed by atoms with E-state index in [1.54, 1.807) is 7.05 Å². The summed E-state index contributed by atoms with van der Waals surface area (Å²) >= 11 is 5.93. The Balaban J connectivity index is 2.06. The number of methoxy groups -OCH3 is 1. The molecule has 1 amide bonds. The summed E-state index contributed by atoms with van der Waals surface area (Å²) in [7, 11) is 2.68. The Kier molecular flexibility index (Phi) is 7.51. The lowest BCUT2D eigenvalue weighted by Gasteiger charge is -2.14. The number of alkyl halides is 3. The van der Waals surface area contributed by atoms with Crippen LogP contribution in [0.2, 0.25) is 5.02 Å². The van der Waals surface area contributed by atoms with Gasteiger partial charge in [-0.2, -0.15) is 13.2 Å². The first-order valence-corrected chi connectivity index (χ1v) is 10.3. The number of aromatic nitrogens is 1. The minimum atomic E-state index is -4.84. The second kappa shape index (κ2) is 10.2. The molecule has 0 aliphatic carbocycles. The summed E-state index contributed by atoms with van der Waals surface area (Å²) in [4.78, 5) is 28.7. The van der Waals surface area contributed by atoms with Crippen molar-refractivity contribution in [1.82, 2.24) is 4.98 Å². The van der Waals surface area contributed by atoms with Gasteiger partial charge in [-0.25, -0.2) is 24.3 Å². The molecular weight excluding hydrogens is 492 g/mol. The fourth-order valence-electron chi connectivity index (χ4n) is 3.25. The van der Waals surface area contributed by atoms with E-state index in [2.05, 4.69) is 15.0 Å². The number of rotatable bonds is 6. The van der Waals surface area contributed by atoms with Gasteiger partial charge >= 0.3 is 18.1 Å². The molecule has 2 aromatic carbocycles. The maximum Gasteiger partial charge on any atom is 0.417 e. The van der Waals surface area contributed by atoms with E-state index >= 15 is 0 Å². The predicted octanol–water partition coefficient (Wildman–Crippen LogP) is 4.17. The van der Waals surface area contributed by atoms with E-state index in [9.17, 15) is 27.2 Å². The van der Waals surface area contributed by atoms with Crippen LogP contribution in [0.25, 0.3) is 0 Å². The molecule has 4 N–H and O–H groups in total. The summed E-state index contributed by atoms with van der Waals surface area (Å²) in [6.45, 7) is 0. The molecule has 0 atom stereocenters. The molecule has 0 aliphatic heterocycles. The zero-order chi connectivity index (χ0) is 25.9. The first kappa shape index (κ1) is 25.8. The number of hydrogen-bond donors (Lipinski definition) is 3. The molecule has 0 fully saturated rings. The Labute approximate surface area is 201 Å². The predicted molar refractivity (Wildman–Crippen MR) is 120 cm³/mol. The topological polar surface area (TPSA) is 109 Å². The lowest BCUT2D eigenvalue weighted by molar-refractivity contribution is -0.464. The monoisotopic (exact) mass is 509 g/mol. The molecule has 182 valence electrons. The Hall–Kier alpha value is -3.83. The third-order valence-corrected chi connectivity index (χ3v) is 5.27. The highest BCUT2D eigenvalue weighted by Crippen LogP contribution is 2.34. The van der Waals surface area contributed by atoms with E-state index in [1.807, 2.05) is 0 Å². The van der Waals surface area contributed by atoms with Gasteiger partial charge < -0.3 is 10.1 Å². The molecule has 0 unspecified atom stereocenters. The number of nitrogens with one attached hydrogen (secondary N) is 2. The molecule has 12 heteroatoms. The number of esters is 1. The summed E-state index contributed by atoms with van der Waals surface area (Å²) < 4.78 is 59.7. The van der Waals surface area contributed by atoms with E-state index in [1.165, 1.54) is 24.4 Å². The standard InChI is InChI=1S/C23H17ClF4N4O3/c1-30-12-9-17(32-21(33)18-14(23(26,27)28)4-3-5-15(18)24)20(31-10-12)19(29)13-7-6-11(8-16(13)25)22(34)35-2/h3-10,29-30H,1-2H3,(H,32,33)/p+1. The van der Waals surface area contributed by atoms with Crippen LogP contribution in [-0.2, 0) is 10.9 Å². The number of primary amides is 1. The van der Waals surface area contributed by atoms with E-state index in [0.717, 1.165) is 36.7 Å². The second-order valence-electron chi connectivity index (χ2n) is 7.14. The number of anilines is 1. The van der Waals surface area contributed by atoms with Crippen molar-refractivity contribution in [2.24, 2.45) is 0 Å². The van der Waals surface area contributed by atoms with E-state index in [4.69, 9.17) is 17.0 Å². The average molecular weight is 510 g/mol. The third kappa shape index (κ3) is 5.47. The van der Waals surface area contributed by atoms with Crippen LogP contribution in [0.5, 0.6) is 0 Å². The van der Waals surface area contributed by atoms with Crippen LogP contribution in [-0.4, -0.2) is 36.7 Å². The van der Waals surface area contributed by atoms with Crippen LogP contribution in [0.15, 0.2) is 48.7 Å². The van der Waals surface area contributed by atoms with Crippen LogP contribution >= 0.6 is 11.6 Å². The van der Waals surface area contributed by atoms with Gasteiger partial charge in [0.05, 0.1) is 40.9 Å². The van der Waals surface area contributed by atoms with Gasteiger partial charge in [-0.3, -0.25) is 5.41 Å². The smallest absolute Gasteiger partial charge is 0.417 e. The minimum Gasteiger partial charge on any atom is -0.465 e. The maximum absolute atomic E-state index is 14.7. The number of nitrogens with zero attached hydrogens (tertiary/aromatic N) is 1. The highest BCUT2D eigenvalue weighted by molar-refractivity contribution is 6.33. The van der Waals surface area contributed by atoms with Gasteiger partial charge in [-0.1, -0.05) is 17.7 Å². The molecule has 0 radical (unpaired) electrons. The van der Waals surface area contributed by atoms with Gasteiger partial charge in [-0.05, 0) is 30.3 Å². The zero-order valence-corrected chi connectivity index (χ0v) is 19.0. The number of hydrogen-bond acceptors (Lipinski definition) is 6. The minimum absolute atomic E-state index is 0.0451. The van der Waals surface area contributed by atoms with Crippen LogP contribution in [0.3, 0.4) is 0 Å².